The Hall–Kier alpha value is -0.180. The van der Waals surface area contributed by atoms with Crippen molar-refractivity contribution < 1.29 is 8.78 Å². The molecule has 0 aliphatic heterocycles. The van der Waals surface area contributed by atoms with Crippen LogP contribution in [0.2, 0.25) is 0 Å². The van der Waals surface area contributed by atoms with E-state index < -0.39 is 5.92 Å². The summed E-state index contributed by atoms with van der Waals surface area (Å²) in [6.45, 7) is 5.14. The molecule has 0 aromatic heterocycles. The standard InChI is InChI=1S/C8H15F2N.C3H8/c1-11-6-7-2-4-8(9,10)5-3-7;1-3-2/h7,11H,2-6H2,1H3;3H2,1-2H3. The Morgan fingerprint density at radius 3 is 2.00 bits per heavy atom. The van der Waals surface area contributed by atoms with E-state index in [-0.39, 0.29) is 12.8 Å². The highest BCUT2D eigenvalue weighted by atomic mass is 19.3. The Labute approximate surface area is 86.3 Å². The lowest BCUT2D eigenvalue weighted by atomic mass is 9.87. The van der Waals surface area contributed by atoms with Crippen LogP contribution in [0, 0.1) is 5.92 Å². The number of alkyl halides is 2. The van der Waals surface area contributed by atoms with Crippen LogP contribution in [0.3, 0.4) is 0 Å². The smallest absolute Gasteiger partial charge is 0.248 e. The van der Waals surface area contributed by atoms with Gasteiger partial charge in [-0.25, -0.2) is 8.78 Å². The van der Waals surface area contributed by atoms with E-state index in [9.17, 15) is 8.78 Å². The van der Waals surface area contributed by atoms with Gasteiger partial charge < -0.3 is 5.32 Å². The van der Waals surface area contributed by atoms with Crippen LogP contribution in [0.25, 0.3) is 0 Å². The molecular formula is C11H23F2N. The molecule has 0 radical (unpaired) electrons. The van der Waals surface area contributed by atoms with E-state index in [0.717, 1.165) is 6.54 Å². The summed E-state index contributed by atoms with van der Waals surface area (Å²) in [4.78, 5) is 0. The predicted octanol–water partition coefficient (Wildman–Crippen LogP) is 3.45. The van der Waals surface area contributed by atoms with Crippen molar-refractivity contribution >= 4 is 0 Å². The van der Waals surface area contributed by atoms with Gasteiger partial charge in [-0.15, -0.1) is 0 Å². The fourth-order valence-electron chi connectivity index (χ4n) is 1.59. The normalized spacial score (nSPS) is 21.2. The van der Waals surface area contributed by atoms with Gasteiger partial charge in [0.2, 0.25) is 5.92 Å². The van der Waals surface area contributed by atoms with Gasteiger partial charge in [-0.05, 0) is 32.4 Å². The van der Waals surface area contributed by atoms with Gasteiger partial charge in [0.25, 0.3) is 0 Å². The molecule has 0 aromatic carbocycles. The van der Waals surface area contributed by atoms with Crippen molar-refractivity contribution in [2.75, 3.05) is 13.6 Å². The van der Waals surface area contributed by atoms with E-state index in [4.69, 9.17) is 0 Å². The average molecular weight is 207 g/mol. The molecule has 0 unspecified atom stereocenters. The molecule has 3 heteroatoms. The number of hydrogen-bond acceptors (Lipinski definition) is 1. The third-order valence-electron chi connectivity index (χ3n) is 2.33. The van der Waals surface area contributed by atoms with E-state index in [2.05, 4.69) is 19.2 Å². The molecule has 1 N–H and O–H groups in total. The second-order valence-corrected chi connectivity index (χ2v) is 4.06. The fourth-order valence-corrected chi connectivity index (χ4v) is 1.59. The molecule has 1 saturated carbocycles. The van der Waals surface area contributed by atoms with Crippen LogP contribution < -0.4 is 5.32 Å². The Bertz CT molecular complexity index is 127. The largest absolute Gasteiger partial charge is 0.319 e. The molecule has 0 heterocycles. The zero-order valence-corrected chi connectivity index (χ0v) is 9.58. The van der Waals surface area contributed by atoms with Crippen molar-refractivity contribution in [3.63, 3.8) is 0 Å². The summed E-state index contributed by atoms with van der Waals surface area (Å²) < 4.78 is 25.2. The quantitative estimate of drug-likeness (QED) is 0.731. The summed E-state index contributed by atoms with van der Waals surface area (Å²) in [6, 6.07) is 0. The molecule has 1 nitrogen and oxygen atoms in total. The molecule has 0 saturated heterocycles. The average Bonchev–Trinajstić information content (AvgIpc) is 2.10. The highest BCUT2D eigenvalue weighted by Crippen LogP contribution is 2.35. The lowest BCUT2D eigenvalue weighted by Crippen LogP contribution is -2.29. The summed E-state index contributed by atoms with van der Waals surface area (Å²) in [5.41, 5.74) is 0. The molecule has 14 heavy (non-hydrogen) atoms. The van der Waals surface area contributed by atoms with Crippen molar-refractivity contribution in [2.45, 2.75) is 51.9 Å². The molecule has 1 rings (SSSR count). The summed E-state index contributed by atoms with van der Waals surface area (Å²) in [5.74, 6) is -1.90. The van der Waals surface area contributed by atoms with Gasteiger partial charge in [0, 0.05) is 12.8 Å². The molecule has 86 valence electrons. The third-order valence-corrected chi connectivity index (χ3v) is 2.33. The Balaban J connectivity index is 0.000000500. The van der Waals surface area contributed by atoms with Crippen LogP contribution in [0.4, 0.5) is 8.78 Å². The maximum absolute atomic E-state index is 12.6. The minimum Gasteiger partial charge on any atom is -0.319 e. The molecule has 0 amide bonds. The van der Waals surface area contributed by atoms with E-state index >= 15 is 0 Å². The molecule has 0 atom stereocenters. The minimum atomic E-state index is -2.37. The van der Waals surface area contributed by atoms with Crippen molar-refractivity contribution in [1.82, 2.24) is 5.32 Å². The number of halogens is 2. The van der Waals surface area contributed by atoms with E-state index in [1.807, 2.05) is 7.05 Å². The van der Waals surface area contributed by atoms with Gasteiger partial charge in [-0.2, -0.15) is 0 Å². The number of nitrogens with one attached hydrogen (secondary N) is 1. The SMILES string of the molecule is CCC.CNCC1CCC(F)(F)CC1. The van der Waals surface area contributed by atoms with Gasteiger partial charge in [0.1, 0.15) is 0 Å². The van der Waals surface area contributed by atoms with Crippen molar-refractivity contribution in [2.24, 2.45) is 5.92 Å². The fraction of sp³-hybridized carbons (Fsp3) is 1.00. The third kappa shape index (κ3) is 6.30. The van der Waals surface area contributed by atoms with Gasteiger partial charge in [-0.3, -0.25) is 0 Å². The second kappa shape index (κ2) is 7.16. The Morgan fingerprint density at radius 2 is 1.64 bits per heavy atom. The lowest BCUT2D eigenvalue weighted by Gasteiger charge is -2.27. The Morgan fingerprint density at radius 1 is 1.21 bits per heavy atom. The molecule has 0 aromatic rings. The van der Waals surface area contributed by atoms with Gasteiger partial charge in [0.15, 0.2) is 0 Å². The Kier molecular flexibility index (Phi) is 7.06. The van der Waals surface area contributed by atoms with Crippen LogP contribution in [-0.2, 0) is 0 Å². The molecule has 1 aliphatic carbocycles. The topological polar surface area (TPSA) is 12.0 Å². The van der Waals surface area contributed by atoms with Gasteiger partial charge in [-0.1, -0.05) is 20.3 Å². The maximum atomic E-state index is 12.6. The molecule has 0 spiro atoms. The molecule has 1 aliphatic rings. The van der Waals surface area contributed by atoms with E-state index in [1.165, 1.54) is 6.42 Å². The lowest BCUT2D eigenvalue weighted by molar-refractivity contribution is -0.0453. The van der Waals surface area contributed by atoms with Gasteiger partial charge in [0.05, 0.1) is 0 Å². The summed E-state index contributed by atoms with van der Waals surface area (Å²) in [7, 11) is 1.87. The van der Waals surface area contributed by atoms with Crippen LogP contribution in [0.1, 0.15) is 46.0 Å². The summed E-state index contributed by atoms with van der Waals surface area (Å²) >= 11 is 0. The van der Waals surface area contributed by atoms with Crippen LogP contribution in [0.15, 0.2) is 0 Å². The number of hydrogen-bond donors (Lipinski definition) is 1. The maximum Gasteiger partial charge on any atom is 0.248 e. The first-order valence-electron chi connectivity index (χ1n) is 5.58. The van der Waals surface area contributed by atoms with Crippen LogP contribution >= 0.6 is 0 Å². The van der Waals surface area contributed by atoms with Crippen LogP contribution in [0.5, 0.6) is 0 Å². The second-order valence-electron chi connectivity index (χ2n) is 4.06. The highest BCUT2D eigenvalue weighted by molar-refractivity contribution is 4.77. The van der Waals surface area contributed by atoms with E-state index in [1.54, 1.807) is 0 Å². The van der Waals surface area contributed by atoms with Crippen molar-refractivity contribution in [1.29, 1.82) is 0 Å². The monoisotopic (exact) mass is 207 g/mol. The zero-order chi connectivity index (χ0) is 11.0. The van der Waals surface area contributed by atoms with Crippen LogP contribution in [-0.4, -0.2) is 19.5 Å². The van der Waals surface area contributed by atoms with E-state index in [0.29, 0.717) is 18.8 Å². The predicted molar refractivity (Wildman–Crippen MR) is 56.8 cm³/mol. The molecule has 1 fully saturated rings. The first kappa shape index (κ1) is 13.8. The molecule has 0 bridgehead atoms. The summed E-state index contributed by atoms with van der Waals surface area (Å²) in [5, 5.41) is 3.02. The first-order valence-corrected chi connectivity index (χ1v) is 5.58. The highest BCUT2D eigenvalue weighted by Gasteiger charge is 2.34. The first-order chi connectivity index (χ1) is 6.55. The van der Waals surface area contributed by atoms with Gasteiger partial charge >= 0.3 is 0 Å². The van der Waals surface area contributed by atoms with Crippen molar-refractivity contribution in [3.8, 4) is 0 Å². The summed E-state index contributed by atoms with van der Waals surface area (Å²) in [6.07, 6.45) is 2.76. The number of rotatable bonds is 2. The van der Waals surface area contributed by atoms with Crippen molar-refractivity contribution in [3.05, 3.63) is 0 Å². The molecular weight excluding hydrogens is 184 g/mol. The zero-order valence-electron chi connectivity index (χ0n) is 9.58. The minimum absolute atomic E-state index is 0.0827.